The molecule has 0 spiro atoms. The van der Waals surface area contributed by atoms with Gasteiger partial charge in [-0.2, -0.15) is 0 Å². The average molecular weight is 917 g/mol. The van der Waals surface area contributed by atoms with E-state index in [4.69, 9.17) is 0 Å². The van der Waals surface area contributed by atoms with Gasteiger partial charge in [-0.1, -0.05) is 113 Å². The van der Waals surface area contributed by atoms with Gasteiger partial charge >= 0.3 is 24.1 Å². The van der Waals surface area contributed by atoms with Crippen LogP contribution in [-0.4, -0.2) is 80.5 Å². The number of anilines is 8. The van der Waals surface area contributed by atoms with Crippen LogP contribution in [0.3, 0.4) is 0 Å². The highest BCUT2D eigenvalue weighted by Gasteiger charge is 2.25. The Morgan fingerprint density at radius 3 is 0.853 bits per heavy atom. The summed E-state index contributed by atoms with van der Waals surface area (Å²) in [6.07, 6.45) is 1.99. The zero-order valence-corrected chi connectivity index (χ0v) is 41.8. The third kappa shape index (κ3) is 12.0. The molecule has 0 saturated heterocycles. The second kappa shape index (κ2) is 23.7. The van der Waals surface area contributed by atoms with E-state index in [0.29, 0.717) is 34.6 Å². The number of hydrogen-bond acceptors (Lipinski definition) is 4. The van der Waals surface area contributed by atoms with Gasteiger partial charge in [0.25, 0.3) is 0 Å². The molecular formula is C56H68N8O4. The van der Waals surface area contributed by atoms with Gasteiger partial charge in [0.1, 0.15) is 0 Å². The van der Waals surface area contributed by atoms with Gasteiger partial charge < -0.3 is 0 Å². The fraction of sp³-hybridized carbons (Fsp3) is 0.286. The molecule has 0 aromatic heterocycles. The summed E-state index contributed by atoms with van der Waals surface area (Å²) in [6.45, 7) is 8.63. The Hall–Kier alpha value is -7.60. The predicted octanol–water partition coefficient (Wildman–Crippen LogP) is 13.2. The number of para-hydroxylation sites is 4. The van der Waals surface area contributed by atoms with Gasteiger partial charge in [0, 0.05) is 102 Å². The van der Waals surface area contributed by atoms with Crippen LogP contribution in [0.4, 0.5) is 64.7 Å². The van der Waals surface area contributed by atoms with E-state index < -0.39 is 0 Å². The Labute approximate surface area is 404 Å². The first-order valence-electron chi connectivity index (χ1n) is 23.1. The van der Waals surface area contributed by atoms with Crippen LogP contribution in [0.15, 0.2) is 158 Å². The minimum absolute atomic E-state index is 0.150. The minimum atomic E-state index is -0.170. The summed E-state index contributed by atoms with van der Waals surface area (Å²) in [4.78, 5) is 65.8. The predicted molar refractivity (Wildman–Crippen MR) is 285 cm³/mol. The van der Waals surface area contributed by atoms with Crippen LogP contribution >= 0.6 is 0 Å². The minimum Gasteiger partial charge on any atom is -0.297 e. The monoisotopic (exact) mass is 917 g/mol. The first-order valence-corrected chi connectivity index (χ1v) is 23.1. The summed E-state index contributed by atoms with van der Waals surface area (Å²) in [5.41, 5.74) is 8.54. The SMILES string of the molecule is CC[C@H](C)c1ccccc1N(C)C(=O)N(C)c1cccc(N(C)C(=O)N(C)c2ccccc2)c1.CC[C@H](C)c1ccccc1N(C)C(=O)N(C)c1cccc(N(C)C(=O)N(C)c2ccccc2)c1. The van der Waals surface area contributed by atoms with Gasteiger partial charge in [0.2, 0.25) is 0 Å². The Bertz CT molecular complexity index is 2440. The van der Waals surface area contributed by atoms with E-state index in [1.165, 1.54) is 0 Å². The van der Waals surface area contributed by atoms with Crippen LogP contribution < -0.4 is 39.2 Å². The van der Waals surface area contributed by atoms with Gasteiger partial charge in [-0.05, 0) is 109 Å². The van der Waals surface area contributed by atoms with E-state index in [0.717, 1.165) is 46.7 Å². The van der Waals surface area contributed by atoms with Gasteiger partial charge in [-0.3, -0.25) is 39.2 Å². The standard InChI is InChI=1S/2C28H34N4O2/c2*1-7-21(2)25-18-11-12-19-26(25)32(6)28(34)31(5)24-17-13-16-23(20-24)30(4)27(33)29(3)22-14-9-8-10-15-22/h2*8-21H,7H2,1-6H3/t2*21-/m00/s1. The Balaban J connectivity index is 0.000000254. The number of amides is 8. The summed E-state index contributed by atoms with van der Waals surface area (Å²) in [6, 6.07) is 49.3. The highest BCUT2D eigenvalue weighted by molar-refractivity contribution is 6.07. The molecule has 0 aliphatic rings. The highest BCUT2D eigenvalue weighted by Crippen LogP contribution is 2.33. The number of benzene rings is 6. The van der Waals surface area contributed by atoms with Crippen molar-refractivity contribution in [1.29, 1.82) is 0 Å². The van der Waals surface area contributed by atoms with Gasteiger partial charge in [0.15, 0.2) is 0 Å². The van der Waals surface area contributed by atoms with Crippen LogP contribution in [0.5, 0.6) is 0 Å². The third-order valence-electron chi connectivity index (χ3n) is 12.7. The van der Waals surface area contributed by atoms with E-state index >= 15 is 0 Å². The van der Waals surface area contributed by atoms with E-state index in [1.807, 2.05) is 146 Å². The molecule has 6 aromatic rings. The fourth-order valence-corrected chi connectivity index (χ4v) is 7.75. The van der Waals surface area contributed by atoms with E-state index in [9.17, 15) is 19.2 Å². The van der Waals surface area contributed by atoms with Crippen LogP contribution in [0.1, 0.15) is 63.5 Å². The van der Waals surface area contributed by atoms with Gasteiger partial charge in [0.05, 0.1) is 0 Å². The molecule has 0 radical (unpaired) electrons. The molecule has 0 N–H and O–H groups in total. The molecule has 0 aliphatic carbocycles. The number of urea groups is 4. The van der Waals surface area contributed by atoms with Crippen molar-refractivity contribution >= 4 is 69.6 Å². The smallest absolute Gasteiger partial charge is 0.297 e. The van der Waals surface area contributed by atoms with E-state index in [2.05, 4.69) is 39.8 Å². The van der Waals surface area contributed by atoms with Crippen molar-refractivity contribution < 1.29 is 19.2 Å². The topological polar surface area (TPSA) is 94.2 Å². The lowest BCUT2D eigenvalue weighted by molar-refractivity contribution is 0.252. The zero-order chi connectivity index (χ0) is 49.7. The summed E-state index contributed by atoms with van der Waals surface area (Å²) in [5, 5.41) is 0. The quantitative estimate of drug-likeness (QED) is 0.122. The first kappa shape index (κ1) is 51.4. The Morgan fingerprint density at radius 1 is 0.324 bits per heavy atom. The molecule has 6 rings (SSSR count). The normalized spacial score (nSPS) is 11.5. The van der Waals surface area contributed by atoms with E-state index in [-0.39, 0.29) is 24.1 Å². The van der Waals surface area contributed by atoms with Gasteiger partial charge in [-0.15, -0.1) is 0 Å². The van der Waals surface area contributed by atoms with Crippen LogP contribution in [0, 0.1) is 0 Å². The molecule has 6 aromatic carbocycles. The maximum absolute atomic E-state index is 13.4. The lowest BCUT2D eigenvalue weighted by atomic mass is 9.96. The molecule has 0 heterocycles. The summed E-state index contributed by atoms with van der Waals surface area (Å²) >= 11 is 0. The lowest BCUT2D eigenvalue weighted by Crippen LogP contribution is -2.40. The molecule has 0 aliphatic heterocycles. The molecule has 356 valence electrons. The molecule has 8 amide bonds. The number of rotatable bonds is 12. The molecule has 0 unspecified atom stereocenters. The van der Waals surface area contributed by atoms with Crippen molar-refractivity contribution in [3.63, 3.8) is 0 Å². The van der Waals surface area contributed by atoms with Crippen molar-refractivity contribution in [2.24, 2.45) is 0 Å². The van der Waals surface area contributed by atoms with Crippen molar-refractivity contribution in [3.05, 3.63) is 169 Å². The number of carbonyl (C=O) groups is 4. The van der Waals surface area contributed by atoms with Crippen LogP contribution in [0.2, 0.25) is 0 Å². The molecule has 0 bridgehead atoms. The second-order valence-corrected chi connectivity index (χ2v) is 17.0. The number of hydrogen-bond donors (Lipinski definition) is 0. The van der Waals surface area contributed by atoms with E-state index in [1.54, 1.807) is 95.6 Å². The molecule has 12 nitrogen and oxygen atoms in total. The van der Waals surface area contributed by atoms with Crippen LogP contribution in [-0.2, 0) is 0 Å². The van der Waals surface area contributed by atoms with Crippen molar-refractivity contribution in [2.75, 3.05) is 95.6 Å². The summed E-state index contributed by atoms with van der Waals surface area (Å²) < 4.78 is 0. The number of nitrogens with zero attached hydrogens (tertiary/aromatic N) is 8. The molecule has 12 heteroatoms. The third-order valence-corrected chi connectivity index (χ3v) is 12.7. The molecule has 68 heavy (non-hydrogen) atoms. The first-order chi connectivity index (χ1) is 32.5. The molecule has 0 saturated carbocycles. The lowest BCUT2D eigenvalue weighted by Gasteiger charge is -2.29. The maximum Gasteiger partial charge on any atom is 0.328 e. The molecule has 2 atom stereocenters. The highest BCUT2D eigenvalue weighted by atomic mass is 16.2. The van der Waals surface area contributed by atoms with Gasteiger partial charge in [-0.25, -0.2) is 19.2 Å². The second-order valence-electron chi connectivity index (χ2n) is 17.0. The van der Waals surface area contributed by atoms with Crippen molar-refractivity contribution in [2.45, 2.75) is 52.4 Å². The molecular weight excluding hydrogens is 849 g/mol. The Kier molecular flexibility index (Phi) is 17.9. The van der Waals surface area contributed by atoms with Crippen LogP contribution in [0.25, 0.3) is 0 Å². The average Bonchev–Trinajstić information content (AvgIpc) is 3.40. The zero-order valence-electron chi connectivity index (χ0n) is 41.8. The van der Waals surface area contributed by atoms with Crippen molar-refractivity contribution in [3.8, 4) is 0 Å². The van der Waals surface area contributed by atoms with Crippen molar-refractivity contribution in [1.82, 2.24) is 0 Å². The number of carbonyl (C=O) groups excluding carboxylic acids is 4. The molecule has 0 fully saturated rings. The summed E-state index contributed by atoms with van der Waals surface area (Å²) in [7, 11) is 14.1. The fourth-order valence-electron chi connectivity index (χ4n) is 7.75. The summed E-state index contributed by atoms with van der Waals surface area (Å²) in [5.74, 6) is 0.697. The largest absolute Gasteiger partial charge is 0.328 e. The maximum atomic E-state index is 13.4. The Morgan fingerprint density at radius 2 is 0.559 bits per heavy atom.